The van der Waals surface area contributed by atoms with Gasteiger partial charge in [0.05, 0.1) is 11.6 Å². The van der Waals surface area contributed by atoms with E-state index >= 15 is 0 Å². The van der Waals surface area contributed by atoms with Crippen molar-refractivity contribution in [3.63, 3.8) is 0 Å². The van der Waals surface area contributed by atoms with Crippen LogP contribution in [-0.4, -0.2) is 49.6 Å². The molecular formula is C24H32N4O+2. The van der Waals surface area contributed by atoms with Gasteiger partial charge in [0.15, 0.2) is 6.04 Å². The van der Waals surface area contributed by atoms with Gasteiger partial charge in [-0.25, -0.2) is 0 Å². The molecule has 0 bridgehead atoms. The van der Waals surface area contributed by atoms with Gasteiger partial charge in [-0.15, -0.1) is 0 Å². The molecule has 1 fully saturated rings. The summed E-state index contributed by atoms with van der Waals surface area (Å²) >= 11 is 0. The van der Waals surface area contributed by atoms with Crippen molar-refractivity contribution in [1.29, 1.82) is 5.26 Å². The van der Waals surface area contributed by atoms with Crippen LogP contribution in [0.5, 0.6) is 0 Å². The van der Waals surface area contributed by atoms with Crippen molar-refractivity contribution in [1.82, 2.24) is 4.90 Å². The molecule has 0 spiro atoms. The summed E-state index contributed by atoms with van der Waals surface area (Å²) < 4.78 is 0. The minimum Gasteiger partial charge on any atom is -0.334 e. The summed E-state index contributed by atoms with van der Waals surface area (Å²) in [6.07, 6.45) is 0. The highest BCUT2D eigenvalue weighted by Crippen LogP contribution is 2.05. The summed E-state index contributed by atoms with van der Waals surface area (Å²) in [5.74, 6) is 0.252. The van der Waals surface area contributed by atoms with Gasteiger partial charge in [0.1, 0.15) is 32.7 Å². The van der Waals surface area contributed by atoms with Gasteiger partial charge in [-0.3, -0.25) is 4.79 Å². The Morgan fingerprint density at radius 2 is 1.69 bits per heavy atom. The van der Waals surface area contributed by atoms with E-state index in [0.717, 1.165) is 39.3 Å². The molecule has 5 nitrogen and oxygen atoms in total. The number of benzene rings is 2. The molecule has 152 valence electrons. The second-order valence-corrected chi connectivity index (χ2v) is 7.95. The lowest BCUT2D eigenvalue weighted by atomic mass is 10.1. The average molecular weight is 393 g/mol. The Balaban J connectivity index is 1.51. The van der Waals surface area contributed by atoms with Gasteiger partial charge in [0, 0.05) is 18.7 Å². The first kappa shape index (κ1) is 21.0. The third-order valence-electron chi connectivity index (χ3n) is 6.03. The number of nitrogens with one attached hydrogen (secondary N) is 2. The first-order valence-electron chi connectivity index (χ1n) is 10.6. The monoisotopic (exact) mass is 392 g/mol. The number of amides is 1. The molecule has 1 saturated heterocycles. The fourth-order valence-electron chi connectivity index (χ4n) is 4.12. The number of nitriles is 1. The zero-order valence-electron chi connectivity index (χ0n) is 17.5. The lowest BCUT2D eigenvalue weighted by Gasteiger charge is -2.34. The van der Waals surface area contributed by atoms with E-state index in [1.165, 1.54) is 16.0 Å². The van der Waals surface area contributed by atoms with Gasteiger partial charge in [0.25, 0.3) is 5.91 Å². The predicted molar refractivity (Wildman–Crippen MR) is 113 cm³/mol. The van der Waals surface area contributed by atoms with Gasteiger partial charge in [-0.1, -0.05) is 42.5 Å². The number of carbonyl (C=O) groups excluding carboxylic acids is 1. The number of quaternary nitrogens is 2. The molecule has 0 radical (unpaired) electrons. The standard InChI is InChI=1S/C24H30N4O/c1-3-27(19-22-7-5-4-6-8-22)24(29)20(2)28-15-13-26(14-16-28)18-23-11-9-21(17-25)10-12-23/h4-12,20H,3,13-16,18-19H2,1-2H3/p+2/t20-/m1/s1. The van der Waals surface area contributed by atoms with Crippen LogP contribution in [-0.2, 0) is 17.9 Å². The number of carbonyl (C=O) groups is 1. The maximum Gasteiger partial charge on any atom is 0.280 e. The van der Waals surface area contributed by atoms with E-state index < -0.39 is 0 Å². The Bertz CT molecular complexity index is 820. The van der Waals surface area contributed by atoms with Crippen LogP contribution in [0.2, 0.25) is 0 Å². The number of likely N-dealkylation sites (N-methyl/N-ethyl adjacent to an activating group) is 1. The molecule has 3 rings (SSSR count). The van der Waals surface area contributed by atoms with Crippen LogP contribution in [0.4, 0.5) is 0 Å². The van der Waals surface area contributed by atoms with E-state index in [-0.39, 0.29) is 11.9 Å². The number of hydrogen-bond donors (Lipinski definition) is 2. The van der Waals surface area contributed by atoms with Gasteiger partial charge in [-0.2, -0.15) is 5.26 Å². The first-order valence-corrected chi connectivity index (χ1v) is 10.6. The first-order chi connectivity index (χ1) is 14.1. The molecule has 1 aliphatic heterocycles. The number of nitrogens with zero attached hydrogens (tertiary/aromatic N) is 2. The molecule has 2 N–H and O–H groups in total. The molecule has 0 saturated carbocycles. The topological polar surface area (TPSA) is 53.0 Å². The minimum atomic E-state index is -0.00451. The van der Waals surface area contributed by atoms with Gasteiger partial charge in [0.2, 0.25) is 0 Å². The fourth-order valence-corrected chi connectivity index (χ4v) is 4.12. The van der Waals surface area contributed by atoms with Crippen molar-refractivity contribution < 1.29 is 14.6 Å². The molecule has 5 heteroatoms. The molecule has 1 heterocycles. The lowest BCUT2D eigenvalue weighted by molar-refractivity contribution is -1.02. The highest BCUT2D eigenvalue weighted by Gasteiger charge is 2.33. The van der Waals surface area contributed by atoms with Crippen molar-refractivity contribution in [3.8, 4) is 6.07 Å². The van der Waals surface area contributed by atoms with Crippen molar-refractivity contribution in [2.24, 2.45) is 0 Å². The molecule has 29 heavy (non-hydrogen) atoms. The second kappa shape index (κ2) is 10.2. The van der Waals surface area contributed by atoms with Crippen LogP contribution in [0.25, 0.3) is 0 Å². The normalized spacial score (nSPS) is 19.9. The highest BCUT2D eigenvalue weighted by molar-refractivity contribution is 5.80. The summed E-state index contributed by atoms with van der Waals surface area (Å²) in [5.41, 5.74) is 3.16. The Morgan fingerprint density at radius 3 is 2.28 bits per heavy atom. The largest absolute Gasteiger partial charge is 0.334 e. The van der Waals surface area contributed by atoms with E-state index in [1.54, 1.807) is 4.90 Å². The second-order valence-electron chi connectivity index (χ2n) is 7.95. The average Bonchev–Trinajstić information content (AvgIpc) is 2.78. The molecule has 2 aromatic carbocycles. The summed E-state index contributed by atoms with van der Waals surface area (Å²) in [6.45, 7) is 10.7. The van der Waals surface area contributed by atoms with Crippen molar-refractivity contribution >= 4 is 5.91 Å². The number of hydrogen-bond acceptors (Lipinski definition) is 2. The zero-order chi connectivity index (χ0) is 20.6. The molecule has 0 aliphatic carbocycles. The predicted octanol–water partition coefficient (Wildman–Crippen LogP) is 0.279. The van der Waals surface area contributed by atoms with Crippen molar-refractivity contribution in [2.75, 3.05) is 32.7 Å². The van der Waals surface area contributed by atoms with E-state index in [0.29, 0.717) is 12.1 Å². The maximum absolute atomic E-state index is 13.1. The molecule has 0 unspecified atom stereocenters. The van der Waals surface area contributed by atoms with Crippen LogP contribution in [0, 0.1) is 11.3 Å². The van der Waals surface area contributed by atoms with Crippen LogP contribution in [0.15, 0.2) is 54.6 Å². The molecule has 1 atom stereocenters. The third-order valence-corrected chi connectivity index (χ3v) is 6.03. The number of rotatable bonds is 7. The Kier molecular flexibility index (Phi) is 7.40. The summed E-state index contributed by atoms with van der Waals surface area (Å²) in [4.78, 5) is 18.0. The van der Waals surface area contributed by atoms with Crippen molar-refractivity contribution in [3.05, 3.63) is 71.3 Å². The lowest BCUT2D eigenvalue weighted by Crippen LogP contribution is -3.29. The Labute approximate surface area is 174 Å². The van der Waals surface area contributed by atoms with Gasteiger partial charge >= 0.3 is 0 Å². The smallest absolute Gasteiger partial charge is 0.280 e. The van der Waals surface area contributed by atoms with Crippen LogP contribution >= 0.6 is 0 Å². The quantitative estimate of drug-likeness (QED) is 0.711. The van der Waals surface area contributed by atoms with Crippen molar-refractivity contribution in [2.45, 2.75) is 33.0 Å². The SMILES string of the molecule is CCN(Cc1ccccc1)C(=O)[C@@H](C)[NH+]1CC[NH+](Cc2ccc(C#N)cc2)CC1. The minimum absolute atomic E-state index is 0.00451. The van der Waals surface area contributed by atoms with Crippen LogP contribution in [0.1, 0.15) is 30.5 Å². The number of piperazine rings is 1. The molecule has 1 amide bonds. The third kappa shape index (κ3) is 5.66. The van der Waals surface area contributed by atoms with E-state index in [4.69, 9.17) is 5.26 Å². The van der Waals surface area contributed by atoms with Gasteiger partial charge in [-0.05, 0) is 31.5 Å². The molecular weight excluding hydrogens is 360 g/mol. The van der Waals surface area contributed by atoms with E-state index in [2.05, 4.69) is 44.2 Å². The summed E-state index contributed by atoms with van der Waals surface area (Å²) in [5, 5.41) is 8.93. The van der Waals surface area contributed by atoms with E-state index in [1.807, 2.05) is 35.2 Å². The maximum atomic E-state index is 13.1. The zero-order valence-corrected chi connectivity index (χ0v) is 17.5. The van der Waals surface area contributed by atoms with E-state index in [9.17, 15) is 4.79 Å². The molecule has 0 aromatic heterocycles. The fraction of sp³-hybridized carbons (Fsp3) is 0.417. The van der Waals surface area contributed by atoms with Gasteiger partial charge < -0.3 is 14.7 Å². The molecule has 2 aromatic rings. The highest BCUT2D eigenvalue weighted by atomic mass is 16.2. The summed E-state index contributed by atoms with van der Waals surface area (Å²) in [7, 11) is 0. The Morgan fingerprint density at radius 1 is 1.03 bits per heavy atom. The van der Waals surface area contributed by atoms with Crippen LogP contribution in [0.3, 0.4) is 0 Å². The van der Waals surface area contributed by atoms with Crippen LogP contribution < -0.4 is 9.80 Å². The summed E-state index contributed by atoms with van der Waals surface area (Å²) in [6, 6.07) is 20.3. The molecule has 1 aliphatic rings. The Hall–Kier alpha value is -2.68.